The van der Waals surface area contributed by atoms with Crippen molar-refractivity contribution in [2.75, 3.05) is 19.6 Å². The highest BCUT2D eigenvalue weighted by atomic mass is 32.2. The van der Waals surface area contributed by atoms with Gasteiger partial charge in [-0.05, 0) is 66.4 Å². The van der Waals surface area contributed by atoms with Crippen molar-refractivity contribution < 1.29 is 22.0 Å². The number of amides is 1. The molecule has 5 rings (SSSR count). The third kappa shape index (κ3) is 4.49. The first-order chi connectivity index (χ1) is 16.7. The lowest BCUT2D eigenvalue weighted by Gasteiger charge is -2.39. The smallest absolute Gasteiger partial charge is 0.270 e. The molecule has 35 heavy (non-hydrogen) atoms. The number of thiophene rings is 1. The van der Waals surface area contributed by atoms with Gasteiger partial charge in [0.15, 0.2) is 0 Å². The van der Waals surface area contributed by atoms with Crippen LogP contribution in [0.4, 0.5) is 8.78 Å². The van der Waals surface area contributed by atoms with Gasteiger partial charge in [-0.2, -0.15) is 4.31 Å². The maximum atomic E-state index is 13.8. The average molecular weight is 516 g/mol. The van der Waals surface area contributed by atoms with E-state index < -0.39 is 21.9 Å². The molecule has 0 aliphatic carbocycles. The van der Waals surface area contributed by atoms with Crippen LogP contribution in [0.25, 0.3) is 10.2 Å². The van der Waals surface area contributed by atoms with Gasteiger partial charge in [0, 0.05) is 37.6 Å². The Balaban J connectivity index is 1.39. The van der Waals surface area contributed by atoms with Gasteiger partial charge in [-0.3, -0.25) is 4.79 Å². The Morgan fingerprint density at radius 2 is 1.80 bits per heavy atom. The van der Waals surface area contributed by atoms with E-state index in [0.717, 1.165) is 27.9 Å². The van der Waals surface area contributed by atoms with E-state index in [1.54, 1.807) is 17.9 Å². The lowest BCUT2D eigenvalue weighted by molar-refractivity contribution is 0.0632. The SMILES string of the molecule is CC1CN(C(=O)c2cc3ccsc3n2Cc2cccc(F)c2)CCN1S(=O)(=O)c1ccc(F)cc1. The standard InChI is InChI=1S/C25H23F2N3O3S2/c1-17-15-28(10-11-30(17)35(32,33)22-7-5-20(26)6-8-22)24(31)23-14-19-9-12-34-25(19)29(23)16-18-3-2-4-21(27)13-18/h2-9,12-14,17H,10-11,15-16H2,1H3. The van der Waals surface area contributed by atoms with Gasteiger partial charge in [0.2, 0.25) is 10.0 Å². The van der Waals surface area contributed by atoms with Crippen LogP contribution in [0.5, 0.6) is 0 Å². The fourth-order valence-corrected chi connectivity index (χ4v) is 7.02. The molecule has 2 aromatic carbocycles. The van der Waals surface area contributed by atoms with Crippen molar-refractivity contribution in [3.63, 3.8) is 0 Å². The second-order valence-electron chi connectivity index (χ2n) is 8.60. The average Bonchev–Trinajstić information content (AvgIpc) is 3.41. The first-order valence-corrected chi connectivity index (χ1v) is 13.4. The van der Waals surface area contributed by atoms with E-state index in [-0.39, 0.29) is 36.3 Å². The molecule has 1 aliphatic rings. The van der Waals surface area contributed by atoms with Crippen molar-refractivity contribution in [2.24, 2.45) is 0 Å². The molecule has 0 saturated carbocycles. The van der Waals surface area contributed by atoms with Crippen LogP contribution in [-0.2, 0) is 16.6 Å². The minimum Gasteiger partial charge on any atom is -0.334 e. The van der Waals surface area contributed by atoms with Crippen molar-refractivity contribution in [2.45, 2.75) is 24.4 Å². The van der Waals surface area contributed by atoms with Gasteiger partial charge >= 0.3 is 0 Å². The topological polar surface area (TPSA) is 62.6 Å². The van der Waals surface area contributed by atoms with E-state index in [0.29, 0.717) is 12.2 Å². The number of piperazine rings is 1. The lowest BCUT2D eigenvalue weighted by atomic mass is 10.2. The highest BCUT2D eigenvalue weighted by Crippen LogP contribution is 2.29. The fraction of sp³-hybridized carbons (Fsp3) is 0.240. The number of benzene rings is 2. The van der Waals surface area contributed by atoms with E-state index in [9.17, 15) is 22.0 Å². The minimum absolute atomic E-state index is 0.0229. The predicted molar refractivity (Wildman–Crippen MR) is 131 cm³/mol. The van der Waals surface area contributed by atoms with Crippen molar-refractivity contribution in [1.29, 1.82) is 0 Å². The van der Waals surface area contributed by atoms with Crippen LogP contribution in [0.3, 0.4) is 0 Å². The maximum Gasteiger partial charge on any atom is 0.270 e. The number of sulfonamides is 1. The van der Waals surface area contributed by atoms with Gasteiger partial charge in [0.25, 0.3) is 5.91 Å². The first kappa shape index (κ1) is 23.7. The summed E-state index contributed by atoms with van der Waals surface area (Å²) in [4.78, 5) is 16.2. The molecule has 1 aliphatic heterocycles. The molecule has 1 amide bonds. The number of rotatable bonds is 5. The van der Waals surface area contributed by atoms with Crippen LogP contribution in [-0.4, -0.2) is 53.8 Å². The third-order valence-electron chi connectivity index (χ3n) is 6.23. The number of carbonyl (C=O) groups is 1. The van der Waals surface area contributed by atoms with E-state index in [4.69, 9.17) is 0 Å². The summed E-state index contributed by atoms with van der Waals surface area (Å²) in [6, 6.07) is 14.3. The summed E-state index contributed by atoms with van der Waals surface area (Å²) >= 11 is 1.51. The van der Waals surface area contributed by atoms with Crippen LogP contribution in [0.1, 0.15) is 23.0 Å². The zero-order valence-corrected chi connectivity index (χ0v) is 20.5. The van der Waals surface area contributed by atoms with Gasteiger partial charge in [-0.15, -0.1) is 11.3 Å². The monoisotopic (exact) mass is 515 g/mol. The molecule has 3 heterocycles. The molecule has 2 aromatic heterocycles. The molecule has 0 radical (unpaired) electrons. The maximum absolute atomic E-state index is 13.8. The summed E-state index contributed by atoms with van der Waals surface area (Å²) in [5.41, 5.74) is 1.23. The number of hydrogen-bond acceptors (Lipinski definition) is 4. The molecule has 0 bridgehead atoms. The van der Waals surface area contributed by atoms with Crippen molar-refractivity contribution in [1.82, 2.24) is 13.8 Å². The zero-order chi connectivity index (χ0) is 24.7. The number of halogens is 2. The summed E-state index contributed by atoms with van der Waals surface area (Å²) in [5.74, 6) is -1.04. The zero-order valence-electron chi connectivity index (χ0n) is 18.9. The summed E-state index contributed by atoms with van der Waals surface area (Å²) in [6.45, 7) is 2.67. The number of fused-ring (bicyclic) bond motifs is 1. The molecule has 6 nitrogen and oxygen atoms in total. The number of carbonyl (C=O) groups excluding carboxylic acids is 1. The molecule has 1 atom stereocenters. The molecular weight excluding hydrogens is 492 g/mol. The predicted octanol–water partition coefficient (Wildman–Crippen LogP) is 4.56. The Kier molecular flexibility index (Phi) is 6.20. The van der Waals surface area contributed by atoms with E-state index in [2.05, 4.69) is 0 Å². The Morgan fingerprint density at radius 3 is 2.51 bits per heavy atom. The van der Waals surface area contributed by atoms with Crippen LogP contribution in [0.2, 0.25) is 0 Å². The molecule has 10 heteroatoms. The second-order valence-corrected chi connectivity index (χ2v) is 11.4. The number of nitrogens with zero attached hydrogens (tertiary/aromatic N) is 3. The van der Waals surface area contributed by atoms with E-state index in [1.807, 2.05) is 28.1 Å². The first-order valence-electron chi connectivity index (χ1n) is 11.1. The highest BCUT2D eigenvalue weighted by molar-refractivity contribution is 7.89. The molecule has 0 N–H and O–H groups in total. The highest BCUT2D eigenvalue weighted by Gasteiger charge is 2.36. The summed E-state index contributed by atoms with van der Waals surface area (Å²) in [5, 5.41) is 2.88. The molecule has 0 spiro atoms. The molecule has 1 fully saturated rings. The summed E-state index contributed by atoms with van der Waals surface area (Å²) < 4.78 is 56.5. The van der Waals surface area contributed by atoms with E-state index in [1.165, 1.54) is 39.9 Å². The fourth-order valence-electron chi connectivity index (χ4n) is 4.51. The quantitative estimate of drug-likeness (QED) is 0.391. The minimum atomic E-state index is -3.82. The van der Waals surface area contributed by atoms with Crippen LogP contribution in [0, 0.1) is 11.6 Å². The number of aromatic nitrogens is 1. The summed E-state index contributed by atoms with van der Waals surface area (Å²) in [7, 11) is -3.82. The van der Waals surface area contributed by atoms with Crippen LogP contribution in [0.15, 0.2) is 70.9 Å². The normalized spacial score (nSPS) is 17.2. The van der Waals surface area contributed by atoms with Gasteiger partial charge in [0.1, 0.15) is 22.2 Å². The Hall–Kier alpha value is -3.08. The largest absolute Gasteiger partial charge is 0.334 e. The Bertz CT molecular complexity index is 1500. The second kappa shape index (κ2) is 9.18. The van der Waals surface area contributed by atoms with Crippen LogP contribution < -0.4 is 0 Å². The molecule has 1 unspecified atom stereocenters. The Morgan fingerprint density at radius 1 is 1.03 bits per heavy atom. The third-order valence-corrected chi connectivity index (χ3v) is 9.20. The molecule has 182 valence electrons. The van der Waals surface area contributed by atoms with Crippen LogP contribution >= 0.6 is 11.3 Å². The molecular formula is C25H23F2N3O3S2. The van der Waals surface area contributed by atoms with Crippen molar-refractivity contribution in [3.05, 3.63) is 88.9 Å². The Labute approximate surface area is 206 Å². The van der Waals surface area contributed by atoms with Crippen molar-refractivity contribution >= 4 is 37.5 Å². The van der Waals surface area contributed by atoms with Crippen molar-refractivity contribution in [3.8, 4) is 0 Å². The number of hydrogen-bond donors (Lipinski definition) is 0. The van der Waals surface area contributed by atoms with Gasteiger partial charge in [-0.1, -0.05) is 12.1 Å². The van der Waals surface area contributed by atoms with Gasteiger partial charge < -0.3 is 9.47 Å². The van der Waals surface area contributed by atoms with E-state index >= 15 is 0 Å². The molecule has 4 aromatic rings. The lowest BCUT2D eigenvalue weighted by Crippen LogP contribution is -2.55. The van der Waals surface area contributed by atoms with Gasteiger partial charge in [0.05, 0.1) is 4.90 Å². The molecule has 1 saturated heterocycles. The van der Waals surface area contributed by atoms with Gasteiger partial charge in [-0.25, -0.2) is 17.2 Å². The summed E-state index contributed by atoms with van der Waals surface area (Å²) in [6.07, 6.45) is 0.